The predicted molar refractivity (Wildman–Crippen MR) is 76.7 cm³/mol. The van der Waals surface area contributed by atoms with Gasteiger partial charge in [0.05, 0.1) is 0 Å². The van der Waals surface area contributed by atoms with E-state index in [1.165, 1.54) is 38.5 Å². The SMILES string of the molecule is CCCC[C@H](CC)CNC(=O)NC1CCCCC1. The zero-order chi connectivity index (χ0) is 13.2. The predicted octanol–water partition coefficient (Wildman–Crippen LogP) is 3.83. The van der Waals surface area contributed by atoms with Crippen molar-refractivity contribution in [1.29, 1.82) is 0 Å². The first kappa shape index (κ1) is 15.3. The van der Waals surface area contributed by atoms with E-state index in [4.69, 9.17) is 0 Å². The molecule has 0 aromatic carbocycles. The Bertz CT molecular complexity index is 225. The Morgan fingerprint density at radius 2 is 1.94 bits per heavy atom. The molecule has 3 heteroatoms. The lowest BCUT2D eigenvalue weighted by atomic mass is 9.96. The summed E-state index contributed by atoms with van der Waals surface area (Å²) in [7, 11) is 0. The molecule has 1 saturated carbocycles. The fourth-order valence-corrected chi connectivity index (χ4v) is 2.66. The molecule has 0 unspecified atom stereocenters. The maximum atomic E-state index is 11.8. The molecule has 1 atom stereocenters. The molecule has 18 heavy (non-hydrogen) atoms. The van der Waals surface area contributed by atoms with Gasteiger partial charge in [-0.2, -0.15) is 0 Å². The maximum absolute atomic E-state index is 11.8. The summed E-state index contributed by atoms with van der Waals surface area (Å²) in [6.07, 6.45) is 11.1. The van der Waals surface area contributed by atoms with Crippen LogP contribution >= 0.6 is 0 Å². The smallest absolute Gasteiger partial charge is 0.315 e. The highest BCUT2D eigenvalue weighted by atomic mass is 16.2. The molecule has 1 aliphatic carbocycles. The number of unbranched alkanes of at least 4 members (excludes halogenated alkanes) is 1. The van der Waals surface area contributed by atoms with E-state index in [0.29, 0.717) is 12.0 Å². The van der Waals surface area contributed by atoms with Crippen molar-refractivity contribution in [2.45, 2.75) is 77.7 Å². The van der Waals surface area contributed by atoms with E-state index in [1.54, 1.807) is 0 Å². The van der Waals surface area contributed by atoms with Crippen molar-refractivity contribution in [1.82, 2.24) is 10.6 Å². The van der Waals surface area contributed by atoms with E-state index >= 15 is 0 Å². The Kier molecular flexibility index (Phi) is 7.86. The summed E-state index contributed by atoms with van der Waals surface area (Å²) in [4.78, 5) is 11.8. The summed E-state index contributed by atoms with van der Waals surface area (Å²) in [6, 6.07) is 0.450. The topological polar surface area (TPSA) is 41.1 Å². The molecule has 0 bridgehead atoms. The molecule has 1 fully saturated rings. The largest absolute Gasteiger partial charge is 0.338 e. The van der Waals surface area contributed by atoms with Crippen molar-refractivity contribution >= 4 is 6.03 Å². The van der Waals surface area contributed by atoms with Gasteiger partial charge in [0.1, 0.15) is 0 Å². The molecule has 2 N–H and O–H groups in total. The fraction of sp³-hybridized carbons (Fsp3) is 0.933. The van der Waals surface area contributed by atoms with Crippen LogP contribution in [0.3, 0.4) is 0 Å². The van der Waals surface area contributed by atoms with Crippen LogP contribution in [-0.4, -0.2) is 18.6 Å². The van der Waals surface area contributed by atoms with Crippen molar-refractivity contribution in [3.05, 3.63) is 0 Å². The molecule has 0 saturated heterocycles. The van der Waals surface area contributed by atoms with Crippen LogP contribution in [-0.2, 0) is 0 Å². The van der Waals surface area contributed by atoms with Gasteiger partial charge < -0.3 is 10.6 Å². The van der Waals surface area contributed by atoms with E-state index in [1.807, 2.05) is 0 Å². The standard InChI is InChI=1S/C15H30N2O/c1-3-5-9-13(4-2)12-16-15(18)17-14-10-7-6-8-11-14/h13-14H,3-12H2,1-2H3,(H2,16,17,18)/t13-/m0/s1. The molecule has 1 rings (SSSR count). The molecule has 2 amide bonds. The average Bonchev–Trinajstić information content (AvgIpc) is 2.40. The van der Waals surface area contributed by atoms with Gasteiger partial charge in [-0.05, 0) is 25.2 Å². The Balaban J connectivity index is 2.14. The van der Waals surface area contributed by atoms with E-state index in [2.05, 4.69) is 24.5 Å². The number of amides is 2. The Hall–Kier alpha value is -0.730. The van der Waals surface area contributed by atoms with Crippen molar-refractivity contribution < 1.29 is 4.79 Å². The molecular weight excluding hydrogens is 224 g/mol. The van der Waals surface area contributed by atoms with Crippen LogP contribution in [0.4, 0.5) is 4.79 Å². The lowest BCUT2D eigenvalue weighted by Gasteiger charge is -2.23. The van der Waals surface area contributed by atoms with Crippen LogP contribution in [0.2, 0.25) is 0 Å². The number of carbonyl (C=O) groups excluding carboxylic acids is 1. The molecule has 0 aromatic heterocycles. The molecule has 1 aliphatic rings. The van der Waals surface area contributed by atoms with Gasteiger partial charge in [-0.3, -0.25) is 0 Å². The van der Waals surface area contributed by atoms with Crippen LogP contribution in [0.25, 0.3) is 0 Å². The van der Waals surface area contributed by atoms with E-state index in [9.17, 15) is 4.79 Å². The molecule has 0 spiro atoms. The lowest BCUT2D eigenvalue weighted by molar-refractivity contribution is 0.230. The zero-order valence-electron chi connectivity index (χ0n) is 12.1. The van der Waals surface area contributed by atoms with Gasteiger partial charge in [0.2, 0.25) is 0 Å². The van der Waals surface area contributed by atoms with E-state index in [0.717, 1.165) is 25.8 Å². The second kappa shape index (κ2) is 9.23. The van der Waals surface area contributed by atoms with Crippen molar-refractivity contribution in [3.8, 4) is 0 Å². The minimum Gasteiger partial charge on any atom is -0.338 e. The van der Waals surface area contributed by atoms with Gasteiger partial charge in [-0.1, -0.05) is 52.4 Å². The number of carbonyl (C=O) groups is 1. The molecule has 0 aromatic rings. The first-order valence-electron chi connectivity index (χ1n) is 7.80. The number of hydrogen-bond donors (Lipinski definition) is 2. The van der Waals surface area contributed by atoms with Crippen molar-refractivity contribution in [2.24, 2.45) is 5.92 Å². The minimum atomic E-state index is 0.0387. The molecule has 0 aliphatic heterocycles. The third kappa shape index (κ3) is 6.27. The second-order valence-electron chi connectivity index (χ2n) is 5.61. The molecule has 0 radical (unpaired) electrons. The number of nitrogens with one attached hydrogen (secondary N) is 2. The molecular formula is C15H30N2O. The maximum Gasteiger partial charge on any atom is 0.315 e. The molecule has 3 nitrogen and oxygen atoms in total. The minimum absolute atomic E-state index is 0.0387. The fourth-order valence-electron chi connectivity index (χ4n) is 2.66. The van der Waals surface area contributed by atoms with Crippen LogP contribution in [0.15, 0.2) is 0 Å². The highest BCUT2D eigenvalue weighted by Gasteiger charge is 2.15. The van der Waals surface area contributed by atoms with Crippen LogP contribution < -0.4 is 10.6 Å². The Morgan fingerprint density at radius 1 is 1.22 bits per heavy atom. The van der Waals surface area contributed by atoms with Gasteiger partial charge in [-0.25, -0.2) is 4.79 Å². The van der Waals surface area contributed by atoms with Gasteiger partial charge in [0, 0.05) is 12.6 Å². The zero-order valence-corrected chi connectivity index (χ0v) is 12.1. The monoisotopic (exact) mass is 254 g/mol. The summed E-state index contributed by atoms with van der Waals surface area (Å²) in [5.74, 6) is 0.641. The van der Waals surface area contributed by atoms with E-state index < -0.39 is 0 Å². The van der Waals surface area contributed by atoms with Gasteiger partial charge in [-0.15, -0.1) is 0 Å². The van der Waals surface area contributed by atoms with Crippen LogP contribution in [0.1, 0.15) is 71.6 Å². The van der Waals surface area contributed by atoms with Gasteiger partial charge >= 0.3 is 6.03 Å². The van der Waals surface area contributed by atoms with Crippen LogP contribution in [0, 0.1) is 5.92 Å². The summed E-state index contributed by atoms with van der Waals surface area (Å²) < 4.78 is 0. The first-order valence-corrected chi connectivity index (χ1v) is 7.80. The first-order chi connectivity index (χ1) is 8.76. The number of rotatable bonds is 7. The summed E-state index contributed by atoms with van der Waals surface area (Å²) in [5, 5.41) is 6.14. The molecule has 106 valence electrons. The summed E-state index contributed by atoms with van der Waals surface area (Å²) in [6.45, 7) is 5.26. The highest BCUT2D eigenvalue weighted by Crippen LogP contribution is 2.17. The van der Waals surface area contributed by atoms with Crippen molar-refractivity contribution in [3.63, 3.8) is 0 Å². The van der Waals surface area contributed by atoms with Crippen LogP contribution in [0.5, 0.6) is 0 Å². The summed E-state index contributed by atoms with van der Waals surface area (Å²) in [5.41, 5.74) is 0. The Labute approximate surface area is 112 Å². The molecule has 0 heterocycles. The van der Waals surface area contributed by atoms with Gasteiger partial charge in [0.15, 0.2) is 0 Å². The Morgan fingerprint density at radius 3 is 2.56 bits per heavy atom. The second-order valence-corrected chi connectivity index (χ2v) is 5.61. The quantitative estimate of drug-likeness (QED) is 0.712. The van der Waals surface area contributed by atoms with E-state index in [-0.39, 0.29) is 6.03 Å². The normalized spacial score (nSPS) is 18.3. The number of urea groups is 1. The van der Waals surface area contributed by atoms with Crippen molar-refractivity contribution in [2.75, 3.05) is 6.54 Å². The van der Waals surface area contributed by atoms with Gasteiger partial charge in [0.25, 0.3) is 0 Å². The summed E-state index contributed by atoms with van der Waals surface area (Å²) >= 11 is 0. The third-order valence-electron chi connectivity index (χ3n) is 4.03. The lowest BCUT2D eigenvalue weighted by Crippen LogP contribution is -2.44. The highest BCUT2D eigenvalue weighted by molar-refractivity contribution is 5.74. The third-order valence-corrected chi connectivity index (χ3v) is 4.03. The number of hydrogen-bond acceptors (Lipinski definition) is 1. The average molecular weight is 254 g/mol.